The maximum atomic E-state index is 12.2. The number of hydrogen-bond acceptors (Lipinski definition) is 4. The van der Waals surface area contributed by atoms with Crippen molar-refractivity contribution in [2.24, 2.45) is 0 Å². The summed E-state index contributed by atoms with van der Waals surface area (Å²) in [4.78, 5) is 26.9. The number of rotatable bonds is 8. The second-order valence-corrected chi connectivity index (χ2v) is 7.00. The van der Waals surface area contributed by atoms with Crippen LogP contribution < -0.4 is 10.2 Å². The number of carbonyl (C=O) groups excluding carboxylic acids is 2. The molecular weight excluding hydrogens is 348 g/mol. The van der Waals surface area contributed by atoms with Crippen LogP contribution in [0.2, 0.25) is 0 Å². The van der Waals surface area contributed by atoms with Gasteiger partial charge in [-0.15, -0.1) is 11.8 Å². The van der Waals surface area contributed by atoms with E-state index in [2.05, 4.69) is 5.32 Å². The summed E-state index contributed by atoms with van der Waals surface area (Å²) in [5, 5.41) is 2.86. The Morgan fingerprint density at radius 3 is 2.73 bits per heavy atom. The van der Waals surface area contributed by atoms with Gasteiger partial charge in [0.05, 0.1) is 18.0 Å². The molecule has 0 spiro atoms. The molecule has 136 valence electrons. The van der Waals surface area contributed by atoms with Gasteiger partial charge in [-0.1, -0.05) is 42.5 Å². The highest BCUT2D eigenvalue weighted by Crippen LogP contribution is 2.34. The Morgan fingerprint density at radius 1 is 1.12 bits per heavy atom. The summed E-state index contributed by atoms with van der Waals surface area (Å²) in [6, 6.07) is 17.7. The number of benzene rings is 2. The van der Waals surface area contributed by atoms with Gasteiger partial charge in [0.15, 0.2) is 0 Å². The van der Waals surface area contributed by atoms with Gasteiger partial charge in [-0.05, 0) is 24.1 Å². The standard InChI is InChI=1S/C20H22N2O3S/c23-19(21-11-6-12-25-14-16-7-2-1-3-8-16)13-22-17-9-4-5-10-18(17)26-15-20(22)24/h1-5,7-10H,6,11-15H2,(H,21,23). The number of nitrogens with one attached hydrogen (secondary N) is 1. The van der Waals surface area contributed by atoms with E-state index in [1.807, 2.05) is 54.6 Å². The van der Waals surface area contributed by atoms with Crippen molar-refractivity contribution in [3.05, 3.63) is 60.2 Å². The smallest absolute Gasteiger partial charge is 0.240 e. The Labute approximate surface area is 157 Å². The van der Waals surface area contributed by atoms with Crippen LogP contribution in [0.3, 0.4) is 0 Å². The monoisotopic (exact) mass is 370 g/mol. The van der Waals surface area contributed by atoms with Crippen LogP contribution in [0.4, 0.5) is 5.69 Å². The normalized spacial score (nSPS) is 13.4. The lowest BCUT2D eigenvalue weighted by molar-refractivity contribution is -0.123. The average molecular weight is 370 g/mol. The van der Waals surface area contributed by atoms with E-state index in [4.69, 9.17) is 4.74 Å². The van der Waals surface area contributed by atoms with Gasteiger partial charge in [0.25, 0.3) is 0 Å². The van der Waals surface area contributed by atoms with E-state index < -0.39 is 0 Å². The SMILES string of the molecule is O=C(CN1C(=O)CSc2ccccc21)NCCCOCc1ccccc1. The van der Waals surface area contributed by atoms with Gasteiger partial charge in [0.1, 0.15) is 6.54 Å². The minimum atomic E-state index is -0.150. The molecule has 2 aromatic rings. The van der Waals surface area contributed by atoms with Crippen LogP contribution in [-0.4, -0.2) is 37.3 Å². The van der Waals surface area contributed by atoms with E-state index in [0.717, 1.165) is 22.6 Å². The highest BCUT2D eigenvalue weighted by atomic mass is 32.2. The number of carbonyl (C=O) groups is 2. The van der Waals surface area contributed by atoms with Crippen molar-refractivity contribution in [3.63, 3.8) is 0 Å². The van der Waals surface area contributed by atoms with E-state index >= 15 is 0 Å². The minimum Gasteiger partial charge on any atom is -0.377 e. The molecule has 0 aliphatic carbocycles. The molecule has 5 nitrogen and oxygen atoms in total. The molecule has 0 unspecified atom stereocenters. The summed E-state index contributed by atoms with van der Waals surface area (Å²) in [5.41, 5.74) is 1.95. The van der Waals surface area contributed by atoms with Gasteiger partial charge in [0.2, 0.25) is 11.8 Å². The van der Waals surface area contributed by atoms with E-state index in [0.29, 0.717) is 25.5 Å². The first-order chi connectivity index (χ1) is 12.7. The fourth-order valence-electron chi connectivity index (χ4n) is 2.69. The van der Waals surface area contributed by atoms with E-state index in [-0.39, 0.29) is 18.4 Å². The Bertz CT molecular complexity index is 752. The molecule has 0 saturated heterocycles. The summed E-state index contributed by atoms with van der Waals surface area (Å²) in [6.07, 6.45) is 0.735. The number of amides is 2. The number of para-hydroxylation sites is 1. The Balaban J connectivity index is 1.37. The predicted octanol–water partition coefficient (Wildman–Crippen LogP) is 2.85. The number of anilines is 1. The molecular formula is C20H22N2O3S. The zero-order chi connectivity index (χ0) is 18.2. The first kappa shape index (κ1) is 18.5. The molecule has 0 atom stereocenters. The van der Waals surface area contributed by atoms with Crippen LogP contribution in [0.25, 0.3) is 0 Å². The molecule has 26 heavy (non-hydrogen) atoms. The van der Waals surface area contributed by atoms with Crippen LogP contribution in [0.1, 0.15) is 12.0 Å². The molecule has 0 saturated carbocycles. The van der Waals surface area contributed by atoms with Gasteiger partial charge in [0, 0.05) is 18.0 Å². The van der Waals surface area contributed by atoms with E-state index in [1.54, 1.807) is 4.90 Å². The maximum absolute atomic E-state index is 12.2. The van der Waals surface area contributed by atoms with Crippen molar-refractivity contribution in [1.82, 2.24) is 5.32 Å². The quantitative estimate of drug-likeness (QED) is 0.726. The average Bonchev–Trinajstić information content (AvgIpc) is 2.67. The van der Waals surface area contributed by atoms with Crippen LogP contribution in [0.15, 0.2) is 59.5 Å². The molecule has 6 heteroatoms. The molecule has 0 radical (unpaired) electrons. The van der Waals surface area contributed by atoms with Crippen molar-refractivity contribution in [3.8, 4) is 0 Å². The van der Waals surface area contributed by atoms with Gasteiger partial charge in [-0.2, -0.15) is 0 Å². The topological polar surface area (TPSA) is 58.6 Å². The molecule has 0 fully saturated rings. The van der Waals surface area contributed by atoms with Gasteiger partial charge >= 0.3 is 0 Å². The third-order valence-electron chi connectivity index (χ3n) is 4.01. The van der Waals surface area contributed by atoms with Crippen LogP contribution in [0, 0.1) is 0 Å². The number of fused-ring (bicyclic) bond motifs is 1. The van der Waals surface area contributed by atoms with Crippen LogP contribution in [-0.2, 0) is 20.9 Å². The maximum Gasteiger partial charge on any atom is 0.240 e. The number of hydrogen-bond donors (Lipinski definition) is 1. The van der Waals surface area contributed by atoms with Crippen molar-refractivity contribution in [2.45, 2.75) is 17.9 Å². The lowest BCUT2D eigenvalue weighted by Gasteiger charge is -2.28. The molecule has 1 aliphatic rings. The predicted molar refractivity (Wildman–Crippen MR) is 103 cm³/mol. The first-order valence-electron chi connectivity index (χ1n) is 8.64. The zero-order valence-electron chi connectivity index (χ0n) is 14.5. The molecule has 1 N–H and O–H groups in total. The minimum absolute atomic E-state index is 0.0324. The molecule has 2 aromatic carbocycles. The highest BCUT2D eigenvalue weighted by molar-refractivity contribution is 8.00. The van der Waals surface area contributed by atoms with Gasteiger partial charge in [-0.3, -0.25) is 9.59 Å². The molecule has 0 bridgehead atoms. The fraction of sp³-hybridized carbons (Fsp3) is 0.300. The van der Waals surface area contributed by atoms with Crippen molar-refractivity contribution < 1.29 is 14.3 Å². The van der Waals surface area contributed by atoms with E-state index in [9.17, 15) is 9.59 Å². The lowest BCUT2D eigenvalue weighted by atomic mass is 10.2. The van der Waals surface area contributed by atoms with Crippen molar-refractivity contribution >= 4 is 29.3 Å². The molecule has 1 heterocycles. The summed E-state index contributed by atoms with van der Waals surface area (Å²) in [5.74, 6) is 0.190. The number of nitrogens with zero attached hydrogens (tertiary/aromatic N) is 1. The Kier molecular flexibility index (Phi) is 6.68. The fourth-order valence-corrected chi connectivity index (χ4v) is 3.63. The third kappa shape index (κ3) is 5.09. The molecule has 2 amide bonds. The third-order valence-corrected chi connectivity index (χ3v) is 5.06. The summed E-state index contributed by atoms with van der Waals surface area (Å²) in [7, 11) is 0. The summed E-state index contributed by atoms with van der Waals surface area (Å²) in [6.45, 7) is 1.75. The van der Waals surface area contributed by atoms with E-state index in [1.165, 1.54) is 11.8 Å². The zero-order valence-corrected chi connectivity index (χ0v) is 15.3. The van der Waals surface area contributed by atoms with Crippen LogP contribution in [0.5, 0.6) is 0 Å². The summed E-state index contributed by atoms with van der Waals surface area (Å²) < 4.78 is 5.60. The second-order valence-electron chi connectivity index (χ2n) is 5.98. The van der Waals surface area contributed by atoms with Gasteiger partial charge < -0.3 is 15.0 Å². The Morgan fingerprint density at radius 2 is 1.88 bits per heavy atom. The number of thioether (sulfide) groups is 1. The van der Waals surface area contributed by atoms with Crippen molar-refractivity contribution in [2.75, 3.05) is 30.3 Å². The second kappa shape index (κ2) is 9.40. The Hall–Kier alpha value is -2.31. The molecule has 0 aromatic heterocycles. The highest BCUT2D eigenvalue weighted by Gasteiger charge is 2.25. The lowest BCUT2D eigenvalue weighted by Crippen LogP contribution is -2.43. The first-order valence-corrected chi connectivity index (χ1v) is 9.63. The van der Waals surface area contributed by atoms with Gasteiger partial charge in [-0.25, -0.2) is 0 Å². The molecule has 3 rings (SSSR count). The van der Waals surface area contributed by atoms with Crippen LogP contribution >= 0.6 is 11.8 Å². The van der Waals surface area contributed by atoms with Crippen molar-refractivity contribution in [1.29, 1.82) is 0 Å². The molecule has 1 aliphatic heterocycles. The number of ether oxygens (including phenoxy) is 1. The summed E-state index contributed by atoms with van der Waals surface area (Å²) >= 11 is 1.51. The largest absolute Gasteiger partial charge is 0.377 e.